The van der Waals surface area contributed by atoms with E-state index in [1.807, 2.05) is 30.3 Å². The van der Waals surface area contributed by atoms with Crippen molar-refractivity contribution in [3.63, 3.8) is 0 Å². The molecule has 2 aromatic rings. The second-order valence-corrected chi connectivity index (χ2v) is 4.40. The molecule has 0 radical (unpaired) electrons. The Bertz CT molecular complexity index is 524. The molecular formula is C11H12N4OS. The lowest BCUT2D eigenvalue weighted by atomic mass is 10.2. The summed E-state index contributed by atoms with van der Waals surface area (Å²) in [6.45, 7) is 1.40. The molecule has 1 heterocycles. The lowest BCUT2D eigenvalue weighted by Crippen LogP contribution is -2.10. The Hall–Kier alpha value is -1.82. The molecule has 0 saturated heterocycles. The predicted octanol–water partition coefficient (Wildman–Crippen LogP) is 1.81. The highest BCUT2D eigenvalue weighted by molar-refractivity contribution is 7.98. The van der Waals surface area contributed by atoms with Gasteiger partial charge in [-0.15, -0.1) is 5.10 Å². The molecule has 0 saturated carbocycles. The Morgan fingerprint density at radius 2 is 2.12 bits per heavy atom. The number of carbonyl (C=O) groups excluding carboxylic acids is 1. The minimum atomic E-state index is -0.235. The van der Waals surface area contributed by atoms with Crippen LogP contribution in [0.1, 0.15) is 17.3 Å². The molecule has 0 bridgehead atoms. The van der Waals surface area contributed by atoms with E-state index < -0.39 is 0 Å². The van der Waals surface area contributed by atoms with Crippen molar-refractivity contribution in [2.75, 3.05) is 5.73 Å². The summed E-state index contributed by atoms with van der Waals surface area (Å²) in [7, 11) is 0. The van der Waals surface area contributed by atoms with Gasteiger partial charge in [0, 0.05) is 12.7 Å². The first-order valence-corrected chi connectivity index (χ1v) is 6.05. The van der Waals surface area contributed by atoms with Crippen LogP contribution < -0.4 is 5.73 Å². The van der Waals surface area contributed by atoms with E-state index in [4.69, 9.17) is 5.73 Å². The van der Waals surface area contributed by atoms with E-state index in [1.54, 1.807) is 0 Å². The van der Waals surface area contributed by atoms with Gasteiger partial charge in [-0.2, -0.15) is 9.67 Å². The summed E-state index contributed by atoms with van der Waals surface area (Å²) in [5.41, 5.74) is 6.74. The molecule has 0 aliphatic rings. The Labute approximate surface area is 103 Å². The normalized spacial score (nSPS) is 10.4. The van der Waals surface area contributed by atoms with E-state index in [0.29, 0.717) is 5.16 Å². The SMILES string of the molecule is CC(=O)n1nc(SCc2ccccc2)nc1N. The molecule has 17 heavy (non-hydrogen) atoms. The Kier molecular flexibility index (Phi) is 3.43. The van der Waals surface area contributed by atoms with Gasteiger partial charge >= 0.3 is 0 Å². The Morgan fingerprint density at radius 1 is 1.41 bits per heavy atom. The number of hydrogen-bond acceptors (Lipinski definition) is 5. The van der Waals surface area contributed by atoms with Crippen molar-refractivity contribution in [1.82, 2.24) is 14.8 Å². The van der Waals surface area contributed by atoms with Crippen molar-refractivity contribution in [3.8, 4) is 0 Å². The second kappa shape index (κ2) is 5.01. The summed E-state index contributed by atoms with van der Waals surface area (Å²) in [5.74, 6) is 0.650. The average molecular weight is 248 g/mol. The van der Waals surface area contributed by atoms with Crippen molar-refractivity contribution in [2.45, 2.75) is 17.8 Å². The van der Waals surface area contributed by atoms with Crippen LogP contribution in [0.2, 0.25) is 0 Å². The van der Waals surface area contributed by atoms with Crippen LogP contribution in [0, 0.1) is 0 Å². The molecule has 1 aromatic heterocycles. The first kappa shape index (κ1) is 11.7. The molecule has 0 amide bonds. The number of nitrogen functional groups attached to an aromatic ring is 1. The lowest BCUT2D eigenvalue weighted by Gasteiger charge is -1.96. The van der Waals surface area contributed by atoms with Gasteiger partial charge in [-0.05, 0) is 5.56 Å². The molecule has 0 atom stereocenters. The van der Waals surface area contributed by atoms with Crippen molar-refractivity contribution in [1.29, 1.82) is 0 Å². The number of aromatic nitrogens is 3. The van der Waals surface area contributed by atoms with Crippen molar-refractivity contribution in [3.05, 3.63) is 35.9 Å². The molecule has 0 spiro atoms. The van der Waals surface area contributed by atoms with Crippen LogP contribution in [0.4, 0.5) is 5.95 Å². The standard InChI is InChI=1S/C11H12N4OS/c1-8(16)15-10(12)13-11(14-15)17-7-9-5-3-2-4-6-9/h2-6H,7H2,1H3,(H2,12,13,14). The summed E-state index contributed by atoms with van der Waals surface area (Å²) in [6.07, 6.45) is 0. The van der Waals surface area contributed by atoms with E-state index in [9.17, 15) is 4.79 Å². The second-order valence-electron chi connectivity index (χ2n) is 3.46. The zero-order valence-corrected chi connectivity index (χ0v) is 10.1. The van der Waals surface area contributed by atoms with Gasteiger partial charge in [0.2, 0.25) is 17.0 Å². The van der Waals surface area contributed by atoms with Crippen LogP contribution in [0.15, 0.2) is 35.5 Å². The molecule has 5 nitrogen and oxygen atoms in total. The highest BCUT2D eigenvalue weighted by Gasteiger charge is 2.10. The van der Waals surface area contributed by atoms with E-state index in [1.165, 1.54) is 24.2 Å². The van der Waals surface area contributed by atoms with Gasteiger partial charge < -0.3 is 5.73 Å². The number of benzene rings is 1. The number of thioether (sulfide) groups is 1. The fraction of sp³-hybridized carbons (Fsp3) is 0.182. The van der Waals surface area contributed by atoms with Crippen LogP contribution in [0.5, 0.6) is 0 Å². The number of carbonyl (C=O) groups is 1. The fourth-order valence-corrected chi connectivity index (χ4v) is 2.11. The smallest absolute Gasteiger partial charge is 0.246 e. The molecule has 2 rings (SSSR count). The highest BCUT2D eigenvalue weighted by atomic mass is 32.2. The number of hydrogen-bond donors (Lipinski definition) is 1. The summed E-state index contributed by atoms with van der Waals surface area (Å²) in [4.78, 5) is 15.1. The average Bonchev–Trinajstić information content (AvgIpc) is 2.69. The van der Waals surface area contributed by atoms with Crippen molar-refractivity contribution in [2.24, 2.45) is 0 Å². The Balaban J connectivity index is 2.05. The number of nitrogens with zero attached hydrogens (tertiary/aromatic N) is 3. The molecule has 0 aliphatic carbocycles. The maximum atomic E-state index is 11.1. The maximum Gasteiger partial charge on any atom is 0.246 e. The molecule has 2 N–H and O–H groups in total. The largest absolute Gasteiger partial charge is 0.368 e. The van der Waals surface area contributed by atoms with Crippen LogP contribution in [0.3, 0.4) is 0 Å². The summed E-state index contributed by atoms with van der Waals surface area (Å²) < 4.78 is 1.10. The third-order valence-electron chi connectivity index (χ3n) is 2.12. The zero-order chi connectivity index (χ0) is 12.3. The number of nitrogens with two attached hydrogens (primary N) is 1. The van der Waals surface area contributed by atoms with E-state index in [-0.39, 0.29) is 11.9 Å². The van der Waals surface area contributed by atoms with Gasteiger partial charge in [-0.1, -0.05) is 42.1 Å². The first-order chi connectivity index (χ1) is 8.16. The first-order valence-electron chi connectivity index (χ1n) is 5.07. The minimum Gasteiger partial charge on any atom is -0.368 e. The fourth-order valence-electron chi connectivity index (χ4n) is 1.32. The third-order valence-corrected chi connectivity index (χ3v) is 3.03. The van der Waals surface area contributed by atoms with Gasteiger partial charge in [0.25, 0.3) is 0 Å². The topological polar surface area (TPSA) is 73.8 Å². The van der Waals surface area contributed by atoms with Gasteiger partial charge in [0.1, 0.15) is 0 Å². The van der Waals surface area contributed by atoms with Crippen LogP contribution in [-0.2, 0) is 5.75 Å². The molecule has 0 aliphatic heterocycles. The summed E-state index contributed by atoms with van der Waals surface area (Å²) in [5, 5.41) is 4.53. The minimum absolute atomic E-state index is 0.132. The van der Waals surface area contributed by atoms with Gasteiger partial charge in [-0.3, -0.25) is 4.79 Å². The third kappa shape index (κ3) is 2.85. The molecule has 6 heteroatoms. The quantitative estimate of drug-likeness (QED) is 0.838. The highest BCUT2D eigenvalue weighted by Crippen LogP contribution is 2.20. The maximum absolute atomic E-state index is 11.1. The molecule has 88 valence electrons. The van der Waals surface area contributed by atoms with Crippen molar-refractivity contribution >= 4 is 23.6 Å². The summed E-state index contributed by atoms with van der Waals surface area (Å²) in [6, 6.07) is 9.98. The zero-order valence-electron chi connectivity index (χ0n) is 9.33. The van der Waals surface area contributed by atoms with Crippen LogP contribution in [0.25, 0.3) is 0 Å². The Morgan fingerprint density at radius 3 is 2.71 bits per heavy atom. The van der Waals surface area contributed by atoms with E-state index in [2.05, 4.69) is 10.1 Å². The molecule has 0 fully saturated rings. The van der Waals surface area contributed by atoms with Gasteiger partial charge in [0.15, 0.2) is 0 Å². The van der Waals surface area contributed by atoms with E-state index in [0.717, 1.165) is 10.4 Å². The predicted molar refractivity (Wildman–Crippen MR) is 66.7 cm³/mol. The van der Waals surface area contributed by atoms with Gasteiger partial charge in [0.05, 0.1) is 0 Å². The monoisotopic (exact) mass is 248 g/mol. The van der Waals surface area contributed by atoms with Gasteiger partial charge in [-0.25, -0.2) is 0 Å². The molecule has 1 aromatic carbocycles. The number of anilines is 1. The van der Waals surface area contributed by atoms with Crippen molar-refractivity contribution < 1.29 is 4.79 Å². The van der Waals surface area contributed by atoms with E-state index >= 15 is 0 Å². The number of rotatable bonds is 3. The molecule has 0 unspecified atom stereocenters. The summed E-state index contributed by atoms with van der Waals surface area (Å²) >= 11 is 1.45. The van der Waals surface area contributed by atoms with Crippen LogP contribution in [-0.4, -0.2) is 20.7 Å². The lowest BCUT2D eigenvalue weighted by molar-refractivity contribution is 0.0922. The van der Waals surface area contributed by atoms with Crippen LogP contribution >= 0.6 is 11.8 Å². The molecular weight excluding hydrogens is 236 g/mol.